The lowest BCUT2D eigenvalue weighted by Gasteiger charge is -2.05. The van der Waals surface area contributed by atoms with Crippen LogP contribution in [0.15, 0.2) is 24.3 Å². The van der Waals surface area contributed by atoms with Gasteiger partial charge in [0.25, 0.3) is 0 Å². The number of rotatable bonds is 25. The summed E-state index contributed by atoms with van der Waals surface area (Å²) in [6.45, 7) is 2.76. The van der Waals surface area contributed by atoms with Crippen LogP contribution in [0.2, 0.25) is 0 Å². The van der Waals surface area contributed by atoms with Gasteiger partial charge in [0, 0.05) is 6.08 Å². The molecule has 212 valence electrons. The summed E-state index contributed by atoms with van der Waals surface area (Å²) in [6, 6.07) is 4.95. The second-order valence-electron chi connectivity index (χ2n) is 10.5. The Hall–Kier alpha value is -1.97. The van der Waals surface area contributed by atoms with Crippen molar-refractivity contribution < 1.29 is 19.4 Å². The average molecular weight is 517 g/mol. The first kappa shape index (κ1) is 33.1. The molecule has 0 amide bonds. The fourth-order valence-electron chi connectivity index (χ4n) is 4.72. The van der Waals surface area contributed by atoms with Crippen molar-refractivity contribution in [2.24, 2.45) is 0 Å². The highest BCUT2D eigenvalue weighted by Crippen LogP contribution is 2.26. The molecule has 4 nitrogen and oxygen atoms in total. The van der Waals surface area contributed by atoms with Crippen LogP contribution in [0.5, 0.6) is 11.5 Å². The SMILES string of the molecule is CCCCCCCCCCCCCCCCCCCCCCCOC(=O)C=Cc1ccc(O)c(OC)c1. The predicted molar refractivity (Wildman–Crippen MR) is 157 cm³/mol. The minimum absolute atomic E-state index is 0.0806. The molecule has 0 aliphatic carbocycles. The molecule has 0 spiro atoms. The van der Waals surface area contributed by atoms with Crippen LogP contribution >= 0.6 is 0 Å². The summed E-state index contributed by atoms with van der Waals surface area (Å²) >= 11 is 0. The van der Waals surface area contributed by atoms with Crippen LogP contribution in [0.3, 0.4) is 0 Å². The number of benzene rings is 1. The van der Waals surface area contributed by atoms with E-state index < -0.39 is 0 Å². The summed E-state index contributed by atoms with van der Waals surface area (Å²) < 4.78 is 10.3. The van der Waals surface area contributed by atoms with Crippen LogP contribution in [0.25, 0.3) is 6.08 Å². The van der Waals surface area contributed by atoms with E-state index in [0.717, 1.165) is 18.4 Å². The van der Waals surface area contributed by atoms with E-state index in [4.69, 9.17) is 9.47 Å². The van der Waals surface area contributed by atoms with E-state index in [1.165, 1.54) is 135 Å². The lowest BCUT2D eigenvalue weighted by atomic mass is 10.0. The molecule has 0 unspecified atom stereocenters. The molecule has 1 aromatic carbocycles. The first-order valence-corrected chi connectivity index (χ1v) is 15.4. The molecular formula is C33H56O4. The molecule has 37 heavy (non-hydrogen) atoms. The van der Waals surface area contributed by atoms with Gasteiger partial charge in [-0.25, -0.2) is 4.79 Å². The van der Waals surface area contributed by atoms with Gasteiger partial charge in [-0.2, -0.15) is 0 Å². The maximum atomic E-state index is 11.9. The van der Waals surface area contributed by atoms with Crippen molar-refractivity contribution in [3.05, 3.63) is 29.8 Å². The van der Waals surface area contributed by atoms with Gasteiger partial charge in [0.05, 0.1) is 13.7 Å². The zero-order valence-electron chi connectivity index (χ0n) is 24.1. The second-order valence-corrected chi connectivity index (χ2v) is 10.5. The van der Waals surface area contributed by atoms with Gasteiger partial charge < -0.3 is 14.6 Å². The molecule has 0 aliphatic heterocycles. The highest BCUT2D eigenvalue weighted by atomic mass is 16.5. The lowest BCUT2D eigenvalue weighted by molar-refractivity contribution is -0.137. The van der Waals surface area contributed by atoms with Gasteiger partial charge in [0.15, 0.2) is 11.5 Å². The van der Waals surface area contributed by atoms with Crippen molar-refractivity contribution in [2.45, 2.75) is 142 Å². The fourth-order valence-corrected chi connectivity index (χ4v) is 4.72. The normalized spacial score (nSPS) is 11.3. The number of phenolic OH excluding ortho intramolecular Hbond substituents is 1. The third-order valence-corrected chi connectivity index (χ3v) is 7.11. The van der Waals surface area contributed by atoms with Crippen molar-refractivity contribution in [1.29, 1.82) is 0 Å². The Morgan fingerprint density at radius 3 is 1.57 bits per heavy atom. The number of esters is 1. The first-order chi connectivity index (χ1) is 18.2. The number of hydrogen-bond acceptors (Lipinski definition) is 4. The molecule has 0 bridgehead atoms. The molecule has 0 saturated heterocycles. The molecule has 4 heteroatoms. The smallest absolute Gasteiger partial charge is 0.330 e. The standard InChI is InChI=1S/C33H56O4/c1-3-4-5-6-7-8-9-10-11-12-13-14-15-16-17-18-19-20-21-22-23-28-37-33(35)27-25-30-24-26-31(34)32(29-30)36-2/h24-27,29,34H,3-23,28H2,1-2H3. The summed E-state index contributed by atoms with van der Waals surface area (Å²) in [5.74, 6) is 0.132. The number of methoxy groups -OCH3 is 1. The lowest BCUT2D eigenvalue weighted by Crippen LogP contribution is -2.02. The number of carbonyl (C=O) groups excluding carboxylic acids is 1. The van der Waals surface area contributed by atoms with Crippen LogP contribution in [0.1, 0.15) is 147 Å². The van der Waals surface area contributed by atoms with Crippen LogP contribution in [0.4, 0.5) is 0 Å². The van der Waals surface area contributed by atoms with Crippen LogP contribution in [0, 0.1) is 0 Å². The summed E-state index contributed by atoms with van der Waals surface area (Å²) in [7, 11) is 1.50. The van der Waals surface area contributed by atoms with Gasteiger partial charge in [-0.05, 0) is 30.2 Å². The number of aromatic hydroxyl groups is 1. The largest absolute Gasteiger partial charge is 0.504 e. The molecule has 0 saturated carbocycles. The quantitative estimate of drug-likeness (QED) is 0.0797. The molecule has 0 fully saturated rings. The van der Waals surface area contributed by atoms with E-state index >= 15 is 0 Å². The number of phenols is 1. The number of hydrogen-bond donors (Lipinski definition) is 1. The van der Waals surface area contributed by atoms with Crippen molar-refractivity contribution in [3.63, 3.8) is 0 Å². The van der Waals surface area contributed by atoms with E-state index in [2.05, 4.69) is 6.92 Å². The van der Waals surface area contributed by atoms with Crippen LogP contribution < -0.4 is 4.74 Å². The van der Waals surface area contributed by atoms with Gasteiger partial charge in [-0.15, -0.1) is 0 Å². The molecule has 0 heterocycles. The predicted octanol–water partition coefficient (Wildman–Crippen LogP) is 10.2. The number of unbranched alkanes of at least 4 members (excludes halogenated alkanes) is 20. The highest BCUT2D eigenvalue weighted by Gasteiger charge is 2.02. The molecule has 1 N–H and O–H groups in total. The first-order valence-electron chi connectivity index (χ1n) is 15.4. The highest BCUT2D eigenvalue weighted by molar-refractivity contribution is 5.87. The Morgan fingerprint density at radius 2 is 1.14 bits per heavy atom. The maximum absolute atomic E-state index is 11.9. The topological polar surface area (TPSA) is 55.8 Å². The van der Waals surface area contributed by atoms with Gasteiger partial charge in [-0.3, -0.25) is 0 Å². The second kappa shape index (κ2) is 24.4. The fraction of sp³-hybridized carbons (Fsp3) is 0.727. The minimum Gasteiger partial charge on any atom is -0.504 e. The Morgan fingerprint density at radius 1 is 0.703 bits per heavy atom. The van der Waals surface area contributed by atoms with Gasteiger partial charge in [0.1, 0.15) is 0 Å². The Kier molecular flexibility index (Phi) is 21.8. The zero-order chi connectivity index (χ0) is 26.8. The van der Waals surface area contributed by atoms with Gasteiger partial charge in [0.2, 0.25) is 0 Å². The zero-order valence-corrected chi connectivity index (χ0v) is 24.1. The van der Waals surface area contributed by atoms with E-state index in [0.29, 0.717) is 12.4 Å². The third kappa shape index (κ3) is 19.8. The summed E-state index contributed by atoms with van der Waals surface area (Å²) in [5.41, 5.74) is 0.778. The van der Waals surface area contributed by atoms with E-state index in [1.54, 1.807) is 24.3 Å². The number of ether oxygens (including phenoxy) is 2. The molecule has 0 atom stereocenters. The summed E-state index contributed by atoms with van der Waals surface area (Å²) in [5, 5.41) is 9.61. The molecule has 1 aromatic rings. The summed E-state index contributed by atoms with van der Waals surface area (Å²) in [6.07, 6.45) is 31.7. The third-order valence-electron chi connectivity index (χ3n) is 7.11. The van der Waals surface area contributed by atoms with E-state index in [-0.39, 0.29) is 11.7 Å². The minimum atomic E-state index is -0.333. The molecular weight excluding hydrogens is 460 g/mol. The van der Waals surface area contributed by atoms with Crippen molar-refractivity contribution >= 4 is 12.0 Å². The van der Waals surface area contributed by atoms with Crippen molar-refractivity contribution in [3.8, 4) is 11.5 Å². The van der Waals surface area contributed by atoms with E-state index in [9.17, 15) is 9.90 Å². The van der Waals surface area contributed by atoms with Crippen molar-refractivity contribution in [2.75, 3.05) is 13.7 Å². The Balaban J connectivity index is 1.80. The summed E-state index contributed by atoms with van der Waals surface area (Å²) in [4.78, 5) is 11.9. The van der Waals surface area contributed by atoms with Crippen LogP contribution in [-0.2, 0) is 9.53 Å². The molecule has 0 aliphatic rings. The maximum Gasteiger partial charge on any atom is 0.330 e. The molecule has 0 radical (unpaired) electrons. The molecule has 1 rings (SSSR count). The monoisotopic (exact) mass is 516 g/mol. The van der Waals surface area contributed by atoms with Gasteiger partial charge in [-0.1, -0.05) is 141 Å². The molecule has 0 aromatic heterocycles. The average Bonchev–Trinajstić information content (AvgIpc) is 2.91. The van der Waals surface area contributed by atoms with Crippen molar-refractivity contribution in [1.82, 2.24) is 0 Å². The van der Waals surface area contributed by atoms with Gasteiger partial charge >= 0.3 is 5.97 Å². The Bertz CT molecular complexity index is 698. The van der Waals surface area contributed by atoms with Crippen LogP contribution in [-0.4, -0.2) is 24.8 Å². The Labute approximate surface area is 228 Å². The number of carbonyl (C=O) groups is 1. The van der Waals surface area contributed by atoms with E-state index in [1.807, 2.05) is 0 Å².